The first-order chi connectivity index (χ1) is 12.0. The molecule has 4 nitrogen and oxygen atoms in total. The zero-order valence-corrected chi connectivity index (χ0v) is 16.6. The third-order valence-corrected chi connectivity index (χ3v) is 4.57. The number of nitrogens with zero attached hydrogens (tertiary/aromatic N) is 3. The molecule has 1 aromatic heterocycles. The van der Waals surface area contributed by atoms with Crippen LogP contribution in [0, 0.1) is 0 Å². The van der Waals surface area contributed by atoms with Crippen LogP contribution >= 0.6 is 11.6 Å². The minimum absolute atomic E-state index is 0.160. The van der Waals surface area contributed by atoms with Gasteiger partial charge in [-0.05, 0) is 39.1 Å². The average molecular weight is 364 g/mol. The highest BCUT2D eigenvalue weighted by molar-refractivity contribution is 6.30. The van der Waals surface area contributed by atoms with Gasteiger partial charge in [0, 0.05) is 42.0 Å². The van der Waals surface area contributed by atoms with Crippen molar-refractivity contribution in [2.24, 2.45) is 0 Å². The fourth-order valence-corrected chi connectivity index (χ4v) is 3.07. The second kappa shape index (κ2) is 9.83. The predicted molar refractivity (Wildman–Crippen MR) is 105 cm³/mol. The van der Waals surface area contributed by atoms with E-state index in [1.807, 2.05) is 18.3 Å². The molecule has 5 heteroatoms. The number of hydrogen-bond donors (Lipinski definition) is 0. The standard InChI is InChI=1S/C20H30ClN3O/c1-5-6-12-24-13-10-22-20(24)16(2)18-9-8-17(21)15-19(18)25-14-7-11-23(3)4/h8-10,13,15-16H,5-7,11-12,14H2,1-4H3. The third kappa shape index (κ3) is 5.75. The van der Waals surface area contributed by atoms with E-state index in [-0.39, 0.29) is 5.92 Å². The quantitative estimate of drug-likeness (QED) is 0.567. The van der Waals surface area contributed by atoms with Crippen LogP contribution in [0.5, 0.6) is 5.75 Å². The summed E-state index contributed by atoms with van der Waals surface area (Å²) in [6, 6.07) is 5.91. The summed E-state index contributed by atoms with van der Waals surface area (Å²) >= 11 is 6.20. The Hall–Kier alpha value is -1.52. The summed E-state index contributed by atoms with van der Waals surface area (Å²) in [5, 5.41) is 0.702. The lowest BCUT2D eigenvalue weighted by Gasteiger charge is -2.19. The Morgan fingerprint density at radius 3 is 2.80 bits per heavy atom. The van der Waals surface area contributed by atoms with Gasteiger partial charge in [0.05, 0.1) is 6.61 Å². The Labute approximate surface area is 156 Å². The molecule has 0 amide bonds. The number of rotatable bonds is 10. The lowest BCUT2D eigenvalue weighted by molar-refractivity contribution is 0.279. The van der Waals surface area contributed by atoms with Gasteiger partial charge in [0.15, 0.2) is 0 Å². The van der Waals surface area contributed by atoms with Gasteiger partial charge in [-0.2, -0.15) is 0 Å². The molecular weight excluding hydrogens is 334 g/mol. The van der Waals surface area contributed by atoms with Gasteiger partial charge < -0.3 is 14.2 Å². The smallest absolute Gasteiger partial charge is 0.124 e. The summed E-state index contributed by atoms with van der Waals surface area (Å²) in [6.07, 6.45) is 7.26. The van der Waals surface area contributed by atoms with E-state index in [1.165, 1.54) is 6.42 Å². The number of ether oxygens (including phenoxy) is 1. The molecule has 1 unspecified atom stereocenters. The second-order valence-electron chi connectivity index (χ2n) is 6.74. The molecule has 1 atom stereocenters. The van der Waals surface area contributed by atoms with Crippen molar-refractivity contribution in [2.45, 2.75) is 45.6 Å². The zero-order chi connectivity index (χ0) is 18.2. The van der Waals surface area contributed by atoms with Crippen LogP contribution in [-0.2, 0) is 6.54 Å². The molecule has 0 aliphatic rings. The summed E-state index contributed by atoms with van der Waals surface area (Å²) in [5.41, 5.74) is 1.14. The normalized spacial score (nSPS) is 12.6. The van der Waals surface area contributed by atoms with Gasteiger partial charge in [0.1, 0.15) is 11.6 Å². The van der Waals surface area contributed by atoms with Gasteiger partial charge in [-0.1, -0.05) is 37.9 Å². The molecule has 2 aromatic rings. The van der Waals surface area contributed by atoms with E-state index in [1.54, 1.807) is 0 Å². The molecule has 0 spiro atoms. The lowest BCUT2D eigenvalue weighted by Crippen LogP contribution is -2.16. The number of aryl methyl sites for hydroxylation is 1. The fraction of sp³-hybridized carbons (Fsp3) is 0.550. The Morgan fingerprint density at radius 1 is 1.28 bits per heavy atom. The largest absolute Gasteiger partial charge is 0.493 e. The highest BCUT2D eigenvalue weighted by atomic mass is 35.5. The van der Waals surface area contributed by atoms with E-state index < -0.39 is 0 Å². The number of aromatic nitrogens is 2. The first-order valence-corrected chi connectivity index (χ1v) is 9.48. The first kappa shape index (κ1) is 19.8. The molecule has 0 fully saturated rings. The Morgan fingerprint density at radius 2 is 2.08 bits per heavy atom. The highest BCUT2D eigenvalue weighted by Gasteiger charge is 2.18. The van der Waals surface area contributed by atoms with E-state index >= 15 is 0 Å². The molecule has 138 valence electrons. The topological polar surface area (TPSA) is 30.3 Å². The van der Waals surface area contributed by atoms with E-state index in [9.17, 15) is 0 Å². The van der Waals surface area contributed by atoms with Crippen molar-refractivity contribution < 1.29 is 4.74 Å². The molecule has 0 saturated carbocycles. The van der Waals surface area contributed by atoms with Crippen molar-refractivity contribution in [1.29, 1.82) is 0 Å². The Bertz CT molecular complexity index is 654. The molecule has 25 heavy (non-hydrogen) atoms. The van der Waals surface area contributed by atoms with Gasteiger partial charge in [0.25, 0.3) is 0 Å². The maximum atomic E-state index is 6.20. The minimum Gasteiger partial charge on any atom is -0.493 e. The van der Waals surface area contributed by atoms with Crippen LogP contribution in [0.2, 0.25) is 5.02 Å². The molecule has 2 rings (SSSR count). The van der Waals surface area contributed by atoms with Gasteiger partial charge in [-0.3, -0.25) is 0 Å². The molecule has 0 aliphatic heterocycles. The van der Waals surface area contributed by atoms with Crippen molar-refractivity contribution in [1.82, 2.24) is 14.5 Å². The minimum atomic E-state index is 0.160. The van der Waals surface area contributed by atoms with Crippen LogP contribution in [0.3, 0.4) is 0 Å². The SMILES string of the molecule is CCCCn1ccnc1C(C)c1ccc(Cl)cc1OCCCN(C)C. The maximum Gasteiger partial charge on any atom is 0.124 e. The van der Waals surface area contributed by atoms with Crippen LogP contribution in [0.25, 0.3) is 0 Å². The zero-order valence-electron chi connectivity index (χ0n) is 15.8. The van der Waals surface area contributed by atoms with Crippen LogP contribution in [0.1, 0.15) is 50.4 Å². The third-order valence-electron chi connectivity index (χ3n) is 4.34. The molecule has 0 radical (unpaired) electrons. The number of imidazole rings is 1. The molecule has 0 N–H and O–H groups in total. The lowest BCUT2D eigenvalue weighted by atomic mass is 9.99. The monoisotopic (exact) mass is 363 g/mol. The van der Waals surface area contributed by atoms with Gasteiger partial charge in [-0.25, -0.2) is 4.98 Å². The average Bonchev–Trinajstić information content (AvgIpc) is 3.04. The molecule has 0 bridgehead atoms. The predicted octanol–water partition coefficient (Wildman–Crippen LogP) is 4.82. The van der Waals surface area contributed by atoms with Gasteiger partial charge >= 0.3 is 0 Å². The fourth-order valence-electron chi connectivity index (χ4n) is 2.91. The highest BCUT2D eigenvalue weighted by Crippen LogP contribution is 2.33. The summed E-state index contributed by atoms with van der Waals surface area (Å²) < 4.78 is 8.31. The summed E-state index contributed by atoms with van der Waals surface area (Å²) in [7, 11) is 4.14. The molecular formula is C20H30ClN3O. The van der Waals surface area contributed by atoms with Crippen LogP contribution in [0.4, 0.5) is 0 Å². The number of benzene rings is 1. The molecule has 1 heterocycles. The van der Waals surface area contributed by atoms with Crippen molar-refractivity contribution >= 4 is 11.6 Å². The van der Waals surface area contributed by atoms with Crippen molar-refractivity contribution in [3.8, 4) is 5.75 Å². The van der Waals surface area contributed by atoms with Crippen molar-refractivity contribution in [3.05, 3.63) is 47.0 Å². The summed E-state index contributed by atoms with van der Waals surface area (Å²) in [5.74, 6) is 2.10. The van der Waals surface area contributed by atoms with E-state index in [0.717, 1.165) is 43.1 Å². The Kier molecular flexibility index (Phi) is 7.79. The second-order valence-corrected chi connectivity index (χ2v) is 7.18. The number of hydrogen-bond acceptors (Lipinski definition) is 3. The van der Waals surface area contributed by atoms with Crippen molar-refractivity contribution in [3.63, 3.8) is 0 Å². The van der Waals surface area contributed by atoms with E-state index in [4.69, 9.17) is 16.3 Å². The van der Waals surface area contributed by atoms with Gasteiger partial charge in [0.2, 0.25) is 0 Å². The summed E-state index contributed by atoms with van der Waals surface area (Å²) in [6.45, 7) is 7.08. The molecule has 0 aliphatic carbocycles. The van der Waals surface area contributed by atoms with Crippen molar-refractivity contribution in [2.75, 3.05) is 27.2 Å². The van der Waals surface area contributed by atoms with Crippen LogP contribution in [0.15, 0.2) is 30.6 Å². The molecule has 0 saturated heterocycles. The first-order valence-electron chi connectivity index (χ1n) is 9.11. The number of unbranched alkanes of at least 4 members (excludes halogenated alkanes) is 1. The maximum absolute atomic E-state index is 6.20. The van der Waals surface area contributed by atoms with Crippen LogP contribution < -0.4 is 4.74 Å². The van der Waals surface area contributed by atoms with Crippen LogP contribution in [-0.4, -0.2) is 41.7 Å². The van der Waals surface area contributed by atoms with E-state index in [2.05, 4.69) is 54.7 Å². The van der Waals surface area contributed by atoms with E-state index in [0.29, 0.717) is 11.6 Å². The molecule has 1 aromatic carbocycles. The number of halogens is 1. The Balaban J connectivity index is 2.16. The van der Waals surface area contributed by atoms with Gasteiger partial charge in [-0.15, -0.1) is 0 Å². The summed E-state index contributed by atoms with van der Waals surface area (Å²) in [4.78, 5) is 6.76.